The second kappa shape index (κ2) is 8.45. The first-order valence-electron chi connectivity index (χ1n) is 10.0. The van der Waals surface area contributed by atoms with Crippen LogP contribution in [0.4, 0.5) is 5.82 Å². The molecule has 0 radical (unpaired) electrons. The Morgan fingerprint density at radius 3 is 2.72 bits per heavy atom. The highest BCUT2D eigenvalue weighted by molar-refractivity contribution is 8.22. The number of rotatable bonds is 8. The third kappa shape index (κ3) is 4.06. The molecule has 0 unspecified atom stereocenters. The first-order chi connectivity index (χ1) is 14.0. The molecule has 0 saturated carbocycles. The maximum absolute atomic E-state index is 10.1. The van der Waals surface area contributed by atoms with Gasteiger partial charge in [0.15, 0.2) is 5.82 Å². The largest absolute Gasteiger partial charge is 0.384 e. The molecule has 0 amide bonds. The first-order valence-corrected chi connectivity index (χ1v) is 11.7. The minimum atomic E-state index is -2.54. The summed E-state index contributed by atoms with van der Waals surface area (Å²) in [6.45, 7) is 2.84. The zero-order valence-electron chi connectivity index (χ0n) is 16.8. The van der Waals surface area contributed by atoms with E-state index in [1.165, 1.54) is 0 Å². The van der Waals surface area contributed by atoms with Crippen molar-refractivity contribution in [1.29, 1.82) is 0 Å². The van der Waals surface area contributed by atoms with Crippen molar-refractivity contribution in [1.82, 2.24) is 18.8 Å². The van der Waals surface area contributed by atoms with Crippen LogP contribution in [0.5, 0.6) is 0 Å². The van der Waals surface area contributed by atoms with Crippen LogP contribution in [0.1, 0.15) is 25.1 Å². The lowest BCUT2D eigenvalue weighted by Crippen LogP contribution is -2.24. The van der Waals surface area contributed by atoms with Gasteiger partial charge in [0.1, 0.15) is 11.3 Å². The molecular weight excluding hydrogens is 390 g/mol. The molecule has 1 aliphatic rings. The molecule has 158 valence electrons. The summed E-state index contributed by atoms with van der Waals surface area (Å²) in [5, 5.41) is 1.04. The molecule has 3 aromatic rings. The number of nitrogens with zero attached hydrogens (tertiary/aromatic N) is 4. The van der Waals surface area contributed by atoms with Crippen LogP contribution in [0.15, 0.2) is 24.3 Å². The smallest absolute Gasteiger partial charge is 0.152 e. The maximum Gasteiger partial charge on any atom is 0.152 e. The van der Waals surface area contributed by atoms with Crippen LogP contribution in [-0.4, -0.2) is 60.5 Å². The predicted molar refractivity (Wildman–Crippen MR) is 118 cm³/mol. The number of hydrogen-bond acceptors (Lipinski definition) is 7. The molecule has 4 N–H and O–H groups in total. The number of unbranched alkanes of at least 4 members (excludes halogenated alkanes) is 1. The summed E-state index contributed by atoms with van der Waals surface area (Å²) in [6.07, 6.45) is 3.35. The van der Waals surface area contributed by atoms with Gasteiger partial charge in [-0.1, -0.05) is 18.2 Å². The van der Waals surface area contributed by atoms with Gasteiger partial charge in [-0.25, -0.2) is 14.3 Å². The Hall–Kier alpha value is -1.91. The second-order valence-corrected chi connectivity index (χ2v) is 9.65. The number of nitrogen functional groups attached to an aromatic ring is 1. The monoisotopic (exact) mass is 419 g/mol. The number of aryl methyl sites for hydroxylation is 1. The number of nitrogens with two attached hydrogens (primary N) is 1. The van der Waals surface area contributed by atoms with Crippen molar-refractivity contribution in [3.05, 3.63) is 30.1 Å². The molecule has 29 heavy (non-hydrogen) atoms. The maximum atomic E-state index is 10.1. The minimum Gasteiger partial charge on any atom is -0.384 e. The van der Waals surface area contributed by atoms with Crippen LogP contribution in [0, 0.1) is 0 Å². The molecule has 1 saturated heterocycles. The third-order valence-corrected chi connectivity index (χ3v) is 7.53. The van der Waals surface area contributed by atoms with Gasteiger partial charge in [0.05, 0.1) is 23.4 Å². The van der Waals surface area contributed by atoms with E-state index in [1.807, 2.05) is 22.5 Å². The number of aromatic nitrogens is 3. The van der Waals surface area contributed by atoms with Gasteiger partial charge in [0, 0.05) is 38.6 Å². The number of methoxy groups -OCH3 is 1. The molecule has 3 heterocycles. The lowest BCUT2D eigenvalue weighted by molar-refractivity contribution is 0.199. The number of benzene rings is 1. The van der Waals surface area contributed by atoms with Crippen LogP contribution in [0.3, 0.4) is 0 Å². The molecule has 1 aromatic carbocycles. The van der Waals surface area contributed by atoms with Crippen molar-refractivity contribution in [2.45, 2.75) is 32.2 Å². The van der Waals surface area contributed by atoms with Crippen molar-refractivity contribution in [2.24, 2.45) is 0 Å². The summed E-state index contributed by atoms with van der Waals surface area (Å²) in [4.78, 5) is 9.30. The second-order valence-electron chi connectivity index (χ2n) is 7.46. The highest BCUT2D eigenvalue weighted by Crippen LogP contribution is 2.48. The van der Waals surface area contributed by atoms with E-state index >= 15 is 0 Å². The quantitative estimate of drug-likeness (QED) is 0.479. The van der Waals surface area contributed by atoms with Crippen molar-refractivity contribution in [2.75, 3.05) is 38.3 Å². The van der Waals surface area contributed by atoms with Crippen molar-refractivity contribution < 1.29 is 13.8 Å². The van der Waals surface area contributed by atoms with E-state index in [2.05, 4.69) is 15.6 Å². The van der Waals surface area contributed by atoms with Crippen molar-refractivity contribution in [3.63, 3.8) is 0 Å². The van der Waals surface area contributed by atoms with Crippen LogP contribution in [0.25, 0.3) is 21.9 Å². The Morgan fingerprint density at radius 1 is 1.17 bits per heavy atom. The van der Waals surface area contributed by atoms with Gasteiger partial charge in [0.25, 0.3) is 0 Å². The highest BCUT2D eigenvalue weighted by atomic mass is 32.3. The molecule has 0 spiro atoms. The van der Waals surface area contributed by atoms with E-state index in [0.29, 0.717) is 31.1 Å². The van der Waals surface area contributed by atoms with Crippen LogP contribution < -0.4 is 5.73 Å². The number of pyridine rings is 1. The summed E-state index contributed by atoms with van der Waals surface area (Å²) < 4.78 is 29.5. The van der Waals surface area contributed by atoms with E-state index < -0.39 is 10.8 Å². The molecule has 0 bridgehead atoms. The van der Waals surface area contributed by atoms with E-state index in [0.717, 1.165) is 60.1 Å². The summed E-state index contributed by atoms with van der Waals surface area (Å²) in [7, 11) is -0.851. The third-order valence-electron chi connectivity index (χ3n) is 5.50. The highest BCUT2D eigenvalue weighted by Gasteiger charge is 2.28. The summed E-state index contributed by atoms with van der Waals surface area (Å²) in [6, 6.07) is 7.99. The van der Waals surface area contributed by atoms with Crippen molar-refractivity contribution >= 4 is 38.5 Å². The Morgan fingerprint density at radius 2 is 1.97 bits per heavy atom. The van der Waals surface area contributed by atoms with E-state index in [9.17, 15) is 9.11 Å². The molecule has 9 heteroatoms. The van der Waals surface area contributed by atoms with Gasteiger partial charge < -0.3 is 15.0 Å². The fourth-order valence-electron chi connectivity index (χ4n) is 4.06. The van der Waals surface area contributed by atoms with Gasteiger partial charge in [0.2, 0.25) is 0 Å². The average molecular weight is 420 g/mol. The molecule has 2 aromatic heterocycles. The van der Waals surface area contributed by atoms with Crippen LogP contribution >= 0.6 is 10.8 Å². The SMILES string of the molecule is COCCc1nc2c(N)nc3ccccc3c2n1CCCCN1CCCS1(O)O. The van der Waals surface area contributed by atoms with Crippen LogP contribution in [0.2, 0.25) is 0 Å². The lowest BCUT2D eigenvalue weighted by Gasteiger charge is -2.36. The Balaban J connectivity index is 1.60. The standard InChI is InChI=1S/C20H29N5O3S/c1-28-13-9-17-23-18-19(15-7-2-3-8-16(15)22-20(18)21)25(17)12-5-4-10-24-11-6-14-29(24,26)27/h2-3,7-8,26-27H,4-6,9-14H2,1H3,(H2,21,22). The number of imidazole rings is 1. The van der Waals surface area contributed by atoms with E-state index in [-0.39, 0.29) is 0 Å². The summed E-state index contributed by atoms with van der Waals surface area (Å²) >= 11 is 0. The predicted octanol–water partition coefficient (Wildman–Crippen LogP) is 3.51. The molecule has 0 atom stereocenters. The molecule has 4 rings (SSSR count). The Bertz CT molecular complexity index is 1010. The van der Waals surface area contributed by atoms with Gasteiger partial charge >= 0.3 is 0 Å². The molecule has 8 nitrogen and oxygen atoms in total. The van der Waals surface area contributed by atoms with Crippen LogP contribution in [-0.2, 0) is 17.7 Å². The fraction of sp³-hybridized carbons (Fsp3) is 0.500. The van der Waals surface area contributed by atoms with Crippen molar-refractivity contribution in [3.8, 4) is 0 Å². The number of anilines is 1. The fourth-order valence-corrected chi connectivity index (χ4v) is 5.67. The minimum absolute atomic E-state index is 0.446. The zero-order valence-corrected chi connectivity index (χ0v) is 17.6. The van der Waals surface area contributed by atoms with Gasteiger partial charge in [-0.3, -0.25) is 9.11 Å². The average Bonchev–Trinajstić information content (AvgIpc) is 3.23. The van der Waals surface area contributed by atoms with Gasteiger partial charge in [-0.15, -0.1) is 10.8 Å². The topological polar surface area (TPSA) is 110 Å². The molecular formula is C20H29N5O3S. The number of para-hydroxylation sites is 1. The van der Waals surface area contributed by atoms with E-state index in [4.69, 9.17) is 15.5 Å². The summed E-state index contributed by atoms with van der Waals surface area (Å²) in [5.74, 6) is 1.89. The molecule has 0 aliphatic carbocycles. The van der Waals surface area contributed by atoms with Gasteiger partial charge in [-0.05, 0) is 25.3 Å². The zero-order chi connectivity index (χ0) is 20.4. The van der Waals surface area contributed by atoms with Gasteiger partial charge in [-0.2, -0.15) is 0 Å². The Kier molecular flexibility index (Phi) is 5.93. The normalized spacial score (nSPS) is 18.0. The molecule has 1 aliphatic heterocycles. The Labute approximate surface area is 172 Å². The number of fused-ring (bicyclic) bond motifs is 3. The molecule has 1 fully saturated rings. The van der Waals surface area contributed by atoms with E-state index in [1.54, 1.807) is 7.11 Å². The lowest BCUT2D eigenvalue weighted by atomic mass is 10.2. The number of ether oxygens (including phenoxy) is 1. The number of hydrogen-bond donors (Lipinski definition) is 3. The summed E-state index contributed by atoms with van der Waals surface area (Å²) in [5.41, 5.74) is 8.84. The first kappa shape index (κ1) is 20.4.